The van der Waals surface area contributed by atoms with E-state index in [0.717, 1.165) is 0 Å². The Morgan fingerprint density at radius 1 is 1.40 bits per heavy atom. The Balaban J connectivity index is 2.79. The minimum absolute atomic E-state index is 0.0251. The van der Waals surface area contributed by atoms with Gasteiger partial charge in [0.1, 0.15) is 10.1 Å². The number of nitrogen functional groups attached to an aromatic ring is 1. The molecule has 0 fully saturated rings. The number of amides is 1. The van der Waals surface area contributed by atoms with Crippen LogP contribution in [-0.4, -0.2) is 19.6 Å². The number of benzene rings is 1. The van der Waals surface area contributed by atoms with Crippen LogP contribution in [0.1, 0.15) is 6.92 Å². The Bertz CT molecular complexity index is 536. The fraction of sp³-hybridized carbons (Fsp3) is 0.222. The van der Waals surface area contributed by atoms with E-state index < -0.39 is 21.0 Å². The second kappa shape index (κ2) is 2.96. The average Bonchev–Trinajstić information content (AvgIpc) is 2.14. The highest BCUT2D eigenvalue weighted by Gasteiger charge is 2.37. The molecule has 0 aromatic heterocycles. The first kappa shape index (κ1) is 9.97. The van der Waals surface area contributed by atoms with E-state index in [-0.39, 0.29) is 16.3 Å². The highest BCUT2D eigenvalue weighted by atomic mass is 32.2. The first-order valence-corrected chi connectivity index (χ1v) is 5.92. The van der Waals surface area contributed by atoms with Gasteiger partial charge in [-0.3, -0.25) is 4.79 Å². The fourth-order valence-electron chi connectivity index (χ4n) is 1.52. The number of rotatable bonds is 0. The van der Waals surface area contributed by atoms with Crippen molar-refractivity contribution in [3.05, 3.63) is 18.2 Å². The molecule has 0 bridgehead atoms. The zero-order chi connectivity index (χ0) is 11.2. The molecule has 6 heteroatoms. The van der Waals surface area contributed by atoms with Gasteiger partial charge in [-0.25, -0.2) is 8.42 Å². The van der Waals surface area contributed by atoms with Crippen molar-refractivity contribution in [1.82, 2.24) is 0 Å². The molecule has 15 heavy (non-hydrogen) atoms. The molecule has 0 saturated heterocycles. The van der Waals surface area contributed by atoms with Crippen molar-refractivity contribution >= 4 is 27.1 Å². The number of fused-ring (bicyclic) bond motifs is 1. The third-order valence-electron chi connectivity index (χ3n) is 2.42. The lowest BCUT2D eigenvalue weighted by Gasteiger charge is -2.23. The van der Waals surface area contributed by atoms with Gasteiger partial charge in [0.2, 0.25) is 5.91 Å². The van der Waals surface area contributed by atoms with Gasteiger partial charge in [-0.15, -0.1) is 0 Å². The summed E-state index contributed by atoms with van der Waals surface area (Å²) >= 11 is 0. The summed E-state index contributed by atoms with van der Waals surface area (Å²) in [5.41, 5.74) is 6.02. The molecular weight excluding hydrogens is 216 g/mol. The van der Waals surface area contributed by atoms with Crippen molar-refractivity contribution in [2.24, 2.45) is 0 Å². The maximum atomic E-state index is 11.9. The summed E-state index contributed by atoms with van der Waals surface area (Å²) in [6.45, 7) is 1.35. The number of nitrogens with two attached hydrogens (primary N) is 1. The molecule has 1 heterocycles. The first-order chi connectivity index (χ1) is 6.94. The second-order valence-electron chi connectivity index (χ2n) is 3.40. The molecule has 5 nitrogen and oxygen atoms in total. The van der Waals surface area contributed by atoms with E-state index in [2.05, 4.69) is 5.32 Å². The number of hydrogen-bond acceptors (Lipinski definition) is 4. The molecule has 1 aromatic carbocycles. The Morgan fingerprint density at radius 3 is 2.73 bits per heavy atom. The molecule has 1 atom stereocenters. The van der Waals surface area contributed by atoms with Crippen molar-refractivity contribution in [2.45, 2.75) is 17.1 Å². The molecule has 3 N–H and O–H groups in total. The summed E-state index contributed by atoms with van der Waals surface area (Å²) in [5.74, 6) is -0.520. The lowest BCUT2D eigenvalue weighted by Crippen LogP contribution is -2.38. The Kier molecular flexibility index (Phi) is 1.97. The molecule has 2 rings (SSSR count). The number of carbonyl (C=O) groups excluding carboxylic acids is 1. The van der Waals surface area contributed by atoms with Crippen LogP contribution in [0.5, 0.6) is 0 Å². The van der Waals surface area contributed by atoms with Gasteiger partial charge in [0.25, 0.3) is 0 Å². The average molecular weight is 226 g/mol. The van der Waals surface area contributed by atoms with E-state index in [0.29, 0.717) is 0 Å². The molecule has 0 radical (unpaired) electrons. The summed E-state index contributed by atoms with van der Waals surface area (Å²) in [4.78, 5) is 11.4. The SMILES string of the molecule is CC1C(=O)Nc2cccc(N)c2S1(=O)=O. The van der Waals surface area contributed by atoms with Crippen molar-refractivity contribution in [2.75, 3.05) is 11.1 Å². The van der Waals surface area contributed by atoms with Crippen molar-refractivity contribution in [1.29, 1.82) is 0 Å². The lowest BCUT2D eigenvalue weighted by atomic mass is 10.2. The van der Waals surface area contributed by atoms with Crippen molar-refractivity contribution in [3.8, 4) is 0 Å². The smallest absolute Gasteiger partial charge is 0.242 e. The van der Waals surface area contributed by atoms with E-state index >= 15 is 0 Å². The Labute approximate surface area is 87.2 Å². The maximum absolute atomic E-state index is 11.9. The predicted molar refractivity (Wildman–Crippen MR) is 56.1 cm³/mol. The van der Waals surface area contributed by atoms with Gasteiger partial charge in [-0.05, 0) is 19.1 Å². The topological polar surface area (TPSA) is 89.3 Å². The molecule has 1 amide bonds. The number of anilines is 2. The van der Waals surface area contributed by atoms with Crippen LogP contribution in [0.25, 0.3) is 0 Å². The number of hydrogen-bond donors (Lipinski definition) is 2. The van der Waals surface area contributed by atoms with Crippen LogP contribution in [-0.2, 0) is 14.6 Å². The summed E-state index contributed by atoms with van der Waals surface area (Å²) in [7, 11) is -3.64. The van der Waals surface area contributed by atoms with E-state index in [1.54, 1.807) is 6.07 Å². The van der Waals surface area contributed by atoms with Gasteiger partial charge in [0.05, 0.1) is 11.4 Å². The largest absolute Gasteiger partial charge is 0.398 e. The summed E-state index contributed by atoms with van der Waals surface area (Å²) < 4.78 is 23.8. The molecule has 1 unspecified atom stereocenters. The standard InChI is InChI=1S/C9H10N2O3S/c1-5-9(12)11-7-4-2-3-6(10)8(7)15(5,13)14/h2-5H,10H2,1H3,(H,11,12). The third kappa shape index (κ3) is 1.29. The highest BCUT2D eigenvalue weighted by molar-refractivity contribution is 7.93. The molecule has 1 aliphatic heterocycles. The van der Waals surface area contributed by atoms with Gasteiger partial charge in [-0.2, -0.15) is 0 Å². The quantitative estimate of drug-likeness (QED) is 0.626. The van der Waals surface area contributed by atoms with Crippen LogP contribution in [0.15, 0.2) is 23.1 Å². The van der Waals surface area contributed by atoms with Crippen LogP contribution in [0.2, 0.25) is 0 Å². The molecule has 0 aliphatic carbocycles. The zero-order valence-electron chi connectivity index (χ0n) is 8.02. The van der Waals surface area contributed by atoms with E-state index in [4.69, 9.17) is 5.73 Å². The van der Waals surface area contributed by atoms with Gasteiger partial charge >= 0.3 is 0 Å². The molecule has 0 spiro atoms. The minimum Gasteiger partial charge on any atom is -0.398 e. The molecule has 1 aliphatic rings. The lowest BCUT2D eigenvalue weighted by molar-refractivity contribution is -0.115. The van der Waals surface area contributed by atoms with E-state index in [9.17, 15) is 13.2 Å². The van der Waals surface area contributed by atoms with Gasteiger partial charge in [-0.1, -0.05) is 6.07 Å². The third-order valence-corrected chi connectivity index (χ3v) is 4.59. The van der Waals surface area contributed by atoms with Crippen molar-refractivity contribution in [3.63, 3.8) is 0 Å². The number of nitrogens with one attached hydrogen (secondary N) is 1. The monoisotopic (exact) mass is 226 g/mol. The molecular formula is C9H10N2O3S. The van der Waals surface area contributed by atoms with Gasteiger partial charge < -0.3 is 11.1 Å². The fourth-order valence-corrected chi connectivity index (χ4v) is 3.04. The second-order valence-corrected chi connectivity index (χ2v) is 5.61. The van der Waals surface area contributed by atoms with Crippen molar-refractivity contribution < 1.29 is 13.2 Å². The van der Waals surface area contributed by atoms with Gasteiger partial charge in [0.15, 0.2) is 9.84 Å². The molecule has 0 saturated carbocycles. The van der Waals surface area contributed by atoms with Crippen LogP contribution in [0.3, 0.4) is 0 Å². The summed E-state index contributed by atoms with van der Waals surface area (Å²) in [6, 6.07) is 4.62. The zero-order valence-corrected chi connectivity index (χ0v) is 8.84. The minimum atomic E-state index is -3.64. The molecule has 1 aromatic rings. The molecule has 80 valence electrons. The number of carbonyl (C=O) groups is 1. The van der Waals surface area contributed by atoms with Crippen LogP contribution < -0.4 is 11.1 Å². The summed E-state index contributed by atoms with van der Waals surface area (Å²) in [5, 5.41) is 1.42. The Morgan fingerprint density at radius 2 is 2.07 bits per heavy atom. The number of sulfone groups is 1. The summed E-state index contributed by atoms with van der Waals surface area (Å²) in [6.07, 6.45) is 0. The predicted octanol–water partition coefficient (Wildman–Crippen LogP) is 0.383. The van der Waals surface area contributed by atoms with Crippen LogP contribution >= 0.6 is 0 Å². The van der Waals surface area contributed by atoms with E-state index in [1.165, 1.54) is 19.1 Å². The van der Waals surface area contributed by atoms with Gasteiger partial charge in [0, 0.05) is 0 Å². The van der Waals surface area contributed by atoms with Crippen LogP contribution in [0, 0.1) is 0 Å². The normalized spacial score (nSPS) is 23.0. The Hall–Kier alpha value is -1.56. The maximum Gasteiger partial charge on any atom is 0.242 e. The van der Waals surface area contributed by atoms with E-state index in [1.807, 2.05) is 0 Å². The highest BCUT2D eigenvalue weighted by Crippen LogP contribution is 2.34. The first-order valence-electron chi connectivity index (χ1n) is 4.38. The van der Waals surface area contributed by atoms with Crippen LogP contribution in [0.4, 0.5) is 11.4 Å².